The fourth-order valence-corrected chi connectivity index (χ4v) is 1.67. The highest BCUT2D eigenvalue weighted by Crippen LogP contribution is 2.05. The Morgan fingerprint density at radius 2 is 2.06 bits per heavy atom. The zero-order valence-electron chi connectivity index (χ0n) is 10.9. The molecule has 17 heavy (non-hydrogen) atoms. The summed E-state index contributed by atoms with van der Waals surface area (Å²) in [7, 11) is 0. The molecule has 0 saturated heterocycles. The Morgan fingerprint density at radius 3 is 2.59 bits per heavy atom. The van der Waals surface area contributed by atoms with E-state index in [-0.39, 0.29) is 5.91 Å². The van der Waals surface area contributed by atoms with Gasteiger partial charge in [-0.1, -0.05) is 6.42 Å². The van der Waals surface area contributed by atoms with Crippen molar-refractivity contribution in [3.8, 4) is 6.07 Å². The topological polar surface area (TPSA) is 82.2 Å². The molecule has 0 aliphatic carbocycles. The Hall–Kier alpha value is -1.12. The number of nitrogens with zero attached hydrogens (tertiary/aromatic N) is 2. The van der Waals surface area contributed by atoms with Crippen molar-refractivity contribution < 1.29 is 4.79 Å². The van der Waals surface area contributed by atoms with Crippen LogP contribution < -0.4 is 11.3 Å². The van der Waals surface area contributed by atoms with Gasteiger partial charge in [0, 0.05) is 25.4 Å². The smallest absolute Gasteiger partial charge is 0.233 e. The van der Waals surface area contributed by atoms with Crippen molar-refractivity contribution in [2.24, 2.45) is 5.84 Å². The molecule has 0 unspecified atom stereocenters. The molecule has 0 aromatic carbocycles. The summed E-state index contributed by atoms with van der Waals surface area (Å²) in [5.74, 6) is 4.89. The number of carbonyl (C=O) groups excluding carboxylic acids is 1. The second-order valence-electron chi connectivity index (χ2n) is 4.42. The molecule has 5 heteroatoms. The first-order valence-corrected chi connectivity index (χ1v) is 6.22. The number of hydrogen-bond donors (Lipinski definition) is 2. The van der Waals surface area contributed by atoms with Crippen molar-refractivity contribution in [1.29, 1.82) is 5.26 Å². The van der Waals surface area contributed by atoms with E-state index in [0.717, 1.165) is 32.4 Å². The van der Waals surface area contributed by atoms with Gasteiger partial charge in [0.2, 0.25) is 5.91 Å². The van der Waals surface area contributed by atoms with E-state index in [1.165, 1.54) is 0 Å². The van der Waals surface area contributed by atoms with Gasteiger partial charge < -0.3 is 0 Å². The highest BCUT2D eigenvalue weighted by molar-refractivity contribution is 5.74. The van der Waals surface area contributed by atoms with Crippen LogP contribution >= 0.6 is 0 Å². The van der Waals surface area contributed by atoms with E-state index >= 15 is 0 Å². The first-order chi connectivity index (χ1) is 8.11. The van der Waals surface area contributed by atoms with E-state index in [4.69, 9.17) is 11.1 Å². The van der Waals surface area contributed by atoms with Crippen molar-refractivity contribution in [3.63, 3.8) is 0 Å². The van der Waals surface area contributed by atoms with Crippen LogP contribution in [0.25, 0.3) is 0 Å². The normalized spacial score (nSPS) is 10.6. The van der Waals surface area contributed by atoms with Crippen LogP contribution in [0.15, 0.2) is 0 Å². The molecule has 98 valence electrons. The lowest BCUT2D eigenvalue weighted by Gasteiger charge is -2.25. The molecule has 0 spiro atoms. The number of unbranched alkanes of at least 4 members (excludes halogenated alkanes) is 2. The summed E-state index contributed by atoms with van der Waals surface area (Å²) < 4.78 is 0. The monoisotopic (exact) mass is 240 g/mol. The second-order valence-corrected chi connectivity index (χ2v) is 4.42. The summed E-state index contributed by atoms with van der Waals surface area (Å²) >= 11 is 0. The van der Waals surface area contributed by atoms with Crippen molar-refractivity contribution in [2.45, 2.75) is 52.0 Å². The van der Waals surface area contributed by atoms with Crippen molar-refractivity contribution in [1.82, 2.24) is 10.3 Å². The highest BCUT2D eigenvalue weighted by atomic mass is 16.2. The third-order valence-corrected chi connectivity index (χ3v) is 2.75. The molecule has 5 nitrogen and oxygen atoms in total. The minimum atomic E-state index is -0.102. The van der Waals surface area contributed by atoms with Crippen LogP contribution in [0.1, 0.15) is 46.0 Å². The van der Waals surface area contributed by atoms with E-state index in [0.29, 0.717) is 18.9 Å². The number of hydrazine groups is 1. The quantitative estimate of drug-likeness (QED) is 0.274. The van der Waals surface area contributed by atoms with E-state index in [1.54, 1.807) is 0 Å². The number of carbonyl (C=O) groups is 1. The summed E-state index contributed by atoms with van der Waals surface area (Å²) in [6.45, 7) is 6.10. The van der Waals surface area contributed by atoms with Gasteiger partial charge in [-0.3, -0.25) is 15.1 Å². The average molecular weight is 240 g/mol. The largest absolute Gasteiger partial charge is 0.300 e. The number of nitrogens with one attached hydrogen (secondary N) is 1. The summed E-state index contributed by atoms with van der Waals surface area (Å²) in [6.07, 6.45) is 4.02. The summed E-state index contributed by atoms with van der Waals surface area (Å²) in [5, 5.41) is 8.56. The Morgan fingerprint density at radius 1 is 1.35 bits per heavy atom. The van der Waals surface area contributed by atoms with Gasteiger partial charge in [-0.05, 0) is 33.2 Å². The molecule has 0 aromatic heterocycles. The molecule has 0 bridgehead atoms. The molecule has 0 aliphatic heterocycles. The van der Waals surface area contributed by atoms with E-state index in [9.17, 15) is 4.79 Å². The van der Waals surface area contributed by atoms with Gasteiger partial charge in [-0.25, -0.2) is 5.84 Å². The van der Waals surface area contributed by atoms with Crippen molar-refractivity contribution in [2.75, 3.05) is 13.1 Å². The zero-order chi connectivity index (χ0) is 13.1. The second kappa shape index (κ2) is 10.1. The highest BCUT2D eigenvalue weighted by Gasteiger charge is 2.08. The van der Waals surface area contributed by atoms with Gasteiger partial charge in [0.15, 0.2) is 0 Å². The summed E-state index contributed by atoms with van der Waals surface area (Å²) in [6, 6.07) is 2.64. The van der Waals surface area contributed by atoms with Crippen LogP contribution in [0.2, 0.25) is 0 Å². The van der Waals surface area contributed by atoms with E-state index in [1.807, 2.05) is 0 Å². The minimum absolute atomic E-state index is 0.102. The van der Waals surface area contributed by atoms with E-state index in [2.05, 4.69) is 30.2 Å². The summed E-state index contributed by atoms with van der Waals surface area (Å²) in [5.41, 5.74) is 2.13. The third-order valence-electron chi connectivity index (χ3n) is 2.75. The fraction of sp³-hybridized carbons (Fsp3) is 0.833. The number of nitrogens with two attached hydrogens (primary N) is 1. The molecule has 0 fully saturated rings. The molecule has 0 aromatic rings. The predicted molar refractivity (Wildman–Crippen MR) is 67.7 cm³/mol. The van der Waals surface area contributed by atoms with Gasteiger partial charge in [0.05, 0.1) is 6.07 Å². The number of nitriles is 1. The third kappa shape index (κ3) is 8.66. The average Bonchev–Trinajstić information content (AvgIpc) is 2.31. The van der Waals surface area contributed by atoms with Crippen LogP contribution in [0.5, 0.6) is 0 Å². The van der Waals surface area contributed by atoms with Gasteiger partial charge >= 0.3 is 0 Å². The maximum Gasteiger partial charge on any atom is 0.233 e. The van der Waals surface area contributed by atoms with Crippen LogP contribution in [0, 0.1) is 11.3 Å². The number of hydrogen-bond acceptors (Lipinski definition) is 4. The molecule has 0 rings (SSSR count). The number of rotatable bonds is 9. The Kier molecular flexibility index (Phi) is 9.40. The van der Waals surface area contributed by atoms with Crippen LogP contribution in [-0.2, 0) is 4.79 Å². The first kappa shape index (κ1) is 15.9. The molecule has 0 radical (unpaired) electrons. The molecule has 0 saturated carbocycles. The lowest BCUT2D eigenvalue weighted by atomic mass is 10.1. The van der Waals surface area contributed by atoms with E-state index < -0.39 is 0 Å². The molecule has 3 N–H and O–H groups in total. The molecular formula is C12H24N4O. The summed E-state index contributed by atoms with van der Waals surface area (Å²) in [4.78, 5) is 13.2. The predicted octanol–water partition coefficient (Wildman–Crippen LogP) is 1.16. The van der Waals surface area contributed by atoms with Gasteiger partial charge in [-0.15, -0.1) is 0 Å². The van der Waals surface area contributed by atoms with Gasteiger partial charge in [0.25, 0.3) is 0 Å². The van der Waals surface area contributed by atoms with Gasteiger partial charge in [-0.2, -0.15) is 5.26 Å². The van der Waals surface area contributed by atoms with Crippen LogP contribution in [-0.4, -0.2) is 29.9 Å². The Balaban J connectivity index is 3.61. The lowest BCUT2D eigenvalue weighted by molar-refractivity contribution is -0.121. The molecule has 0 aliphatic rings. The number of amides is 1. The Bertz CT molecular complexity index is 247. The maximum atomic E-state index is 10.9. The van der Waals surface area contributed by atoms with Crippen LogP contribution in [0.4, 0.5) is 0 Å². The van der Waals surface area contributed by atoms with Crippen molar-refractivity contribution in [3.05, 3.63) is 0 Å². The zero-order valence-corrected chi connectivity index (χ0v) is 10.9. The minimum Gasteiger partial charge on any atom is -0.300 e. The molecular weight excluding hydrogens is 216 g/mol. The standard InChI is InChI=1S/C12H24N4O/c1-11(2)16(10-6-8-13)9-5-3-4-7-12(17)15-14/h11H,3-7,9-10,14H2,1-2H3,(H,15,17). The Labute approximate surface area is 104 Å². The first-order valence-electron chi connectivity index (χ1n) is 6.22. The molecule has 1 amide bonds. The SMILES string of the molecule is CC(C)N(CCC#N)CCCCCC(=O)NN. The van der Waals surface area contributed by atoms with Crippen molar-refractivity contribution >= 4 is 5.91 Å². The maximum absolute atomic E-state index is 10.9. The lowest BCUT2D eigenvalue weighted by Crippen LogP contribution is -2.32. The molecule has 0 heterocycles. The fourth-order valence-electron chi connectivity index (χ4n) is 1.67. The van der Waals surface area contributed by atoms with Crippen LogP contribution in [0.3, 0.4) is 0 Å². The molecule has 0 atom stereocenters. The van der Waals surface area contributed by atoms with Gasteiger partial charge in [0.1, 0.15) is 0 Å².